The van der Waals surface area contributed by atoms with Gasteiger partial charge in [-0.05, 0) is 17.6 Å². The van der Waals surface area contributed by atoms with Gasteiger partial charge in [0.25, 0.3) is 2.86 Å². The Morgan fingerprint density at radius 2 is 2.27 bits per heavy atom. The van der Waals surface area contributed by atoms with Gasteiger partial charge in [0, 0.05) is 0 Å². The summed E-state index contributed by atoms with van der Waals surface area (Å²) in [5.41, 5.74) is 4.40. The van der Waals surface area contributed by atoms with Gasteiger partial charge in [-0.2, -0.15) is 0 Å². The molecule has 0 aliphatic heterocycles. The van der Waals surface area contributed by atoms with E-state index in [0.717, 1.165) is 0 Å². The van der Waals surface area contributed by atoms with Crippen molar-refractivity contribution in [3.05, 3.63) is 23.7 Å². The Morgan fingerprint density at radius 1 is 1.53 bits per heavy atom. The average Bonchev–Trinajstić information content (AvgIpc) is 2.49. The number of rotatable bonds is 6. The van der Waals surface area contributed by atoms with E-state index >= 15 is 0 Å². The number of hydrogen-bond donors (Lipinski definition) is 5. The number of carboxylic acids is 1. The van der Waals surface area contributed by atoms with Crippen LogP contribution in [0.25, 0.3) is 0 Å². The molecule has 1 aromatic carbocycles. The summed E-state index contributed by atoms with van der Waals surface area (Å²) in [6.07, 6.45) is -2.91. The number of aromatic hydroxyl groups is 2. The van der Waals surface area contributed by atoms with Gasteiger partial charge in [-0.1, -0.05) is 6.04 Å². The number of hydrogen-bond acceptors (Lipinski definition) is 5. The fourth-order valence-electron chi connectivity index (χ4n) is 0.768. The number of benzene rings is 1. The number of carboxylic acid groups (broad SMARTS) is 1. The van der Waals surface area contributed by atoms with E-state index in [4.69, 9.17) is 20.6 Å². The lowest BCUT2D eigenvalue weighted by atomic mass is 10.0. The number of phenols is 2. The summed E-state index contributed by atoms with van der Waals surface area (Å²) in [6.45, 7) is 0. The highest BCUT2D eigenvalue weighted by atomic mass is 16.4. The first-order valence-electron chi connectivity index (χ1n) is 6.93. The molecule has 0 bridgehead atoms. The van der Waals surface area contributed by atoms with Gasteiger partial charge in [-0.3, -0.25) is 4.79 Å². The van der Waals surface area contributed by atoms with E-state index in [-0.39, 0.29) is 0 Å². The fraction of sp³-hybridized carbons (Fsp3) is 0.222. The first-order chi connectivity index (χ1) is 10.2. The van der Waals surface area contributed by atoms with Crippen molar-refractivity contribution < 1.29 is 30.7 Å². The van der Waals surface area contributed by atoms with Crippen molar-refractivity contribution in [3.8, 4) is 11.5 Å². The Kier molecular flexibility index (Phi) is 1.34. The second kappa shape index (κ2) is 4.16. The molecule has 6 N–H and O–H groups in total. The van der Waals surface area contributed by atoms with Crippen LogP contribution in [0.1, 0.15) is 17.1 Å². The molecule has 0 amide bonds. The molecule has 0 aliphatic rings. The highest BCUT2D eigenvalue weighted by Gasteiger charge is 2.24. The molecular weight excluding hydrogens is 202 g/mol. The maximum absolute atomic E-state index is 11.0. The van der Waals surface area contributed by atoms with Gasteiger partial charge in [0.15, 0.2) is 11.5 Å². The molecule has 0 aromatic heterocycles. The van der Waals surface area contributed by atoms with Crippen LogP contribution in [0, 0.1) is 0 Å². The van der Waals surface area contributed by atoms with Crippen LogP contribution in [0.2, 0.25) is 0 Å². The predicted molar refractivity (Wildman–Crippen MR) is 50.3 cm³/mol. The fourth-order valence-corrected chi connectivity index (χ4v) is 0.768. The van der Waals surface area contributed by atoms with Crippen LogP contribution >= 0.6 is 0 Å². The van der Waals surface area contributed by atoms with E-state index in [2.05, 4.69) is 15.3 Å². The molecule has 0 fully saturated rings. The Labute approximate surface area is 95.3 Å². The standard InChI is InChI=1S/C9H11NO5/c10-7(9(14)15)8(13)4-1-2-5(11)6(12)3-4/h1-3,7-8,11-13H,10H2,(H,14,15)/t7-,8+/m0/s1/i1D,2D,3D,8D,13D/hD2. The second-order valence-corrected chi connectivity index (χ2v) is 2.59. The maximum Gasteiger partial charge on any atom is 0.323 e. The molecule has 82 valence electrons. The Hall–Kier alpha value is -1.79. The molecule has 0 saturated carbocycles. The van der Waals surface area contributed by atoms with E-state index in [1.807, 2.05) is 0 Å². The quantitative estimate of drug-likeness (QED) is 0.413. The van der Waals surface area contributed by atoms with Crippen LogP contribution in [-0.4, -0.2) is 36.7 Å². The van der Waals surface area contributed by atoms with E-state index in [1.165, 1.54) is 0 Å². The molecule has 0 aliphatic carbocycles. The molecular formula is C9H11NO5. The minimum atomic E-state index is -2.91. The molecule has 2 atom stereocenters. The minimum absolute atomic E-state index is 0.745. The molecule has 0 saturated heterocycles. The topological polar surface area (TPSA) is 124 Å². The van der Waals surface area contributed by atoms with Crippen LogP contribution in [0.4, 0.5) is 0 Å². The Balaban J connectivity index is 3.80. The lowest BCUT2D eigenvalue weighted by Crippen LogP contribution is -2.36. The molecule has 0 unspecified atom stereocenters. The third kappa shape index (κ3) is 2.36. The lowest BCUT2D eigenvalue weighted by molar-refractivity contribution is -0.141. The summed E-state index contributed by atoms with van der Waals surface area (Å²) < 4.78 is 51.5. The summed E-state index contributed by atoms with van der Waals surface area (Å²) in [7, 11) is 0. The normalized spacial score (nSPS) is 22.6. The summed E-state index contributed by atoms with van der Waals surface area (Å²) in [4.78, 5) is 11.0. The summed E-state index contributed by atoms with van der Waals surface area (Å²) in [6, 6.07) is -4.85. The van der Waals surface area contributed by atoms with Crippen LogP contribution in [0.15, 0.2) is 18.1 Å². The molecule has 1 aromatic rings. The zero-order chi connectivity index (χ0) is 17.2. The molecule has 1 rings (SSSR count). The number of aliphatic carboxylic acids is 1. The van der Waals surface area contributed by atoms with Gasteiger partial charge >= 0.3 is 5.97 Å². The molecule has 6 nitrogen and oxygen atoms in total. The third-order valence-corrected chi connectivity index (χ3v) is 1.54. The molecule has 15 heavy (non-hydrogen) atoms. The number of carbonyl (C=O) groups is 1. The first-order valence-corrected chi connectivity index (χ1v) is 3.70. The summed E-state index contributed by atoms with van der Waals surface area (Å²) >= 11 is 0. The van der Waals surface area contributed by atoms with Crippen molar-refractivity contribution >= 4 is 5.97 Å². The van der Waals surface area contributed by atoms with Crippen molar-refractivity contribution in [2.75, 3.05) is 0 Å². The monoisotopic (exact) mass is 220 g/mol. The van der Waals surface area contributed by atoms with E-state index in [1.54, 1.807) is 0 Å². The lowest BCUT2D eigenvalue weighted by Gasteiger charge is -2.15. The van der Waals surface area contributed by atoms with Gasteiger partial charge in [0.2, 0.25) is 1.43 Å². The number of nitrogens with two attached hydrogens (primary N) is 1. The zero-order valence-corrected chi connectivity index (χ0v) is 7.23. The van der Waals surface area contributed by atoms with Crippen LogP contribution < -0.4 is 5.73 Å². The SMILES string of the molecule is [2H]Oc1c([2H])c([2H])c([C@@]([2H])(O[2H])[C@H](N)C(=O)O)c([2H])c1O[2H]. The van der Waals surface area contributed by atoms with Crippen molar-refractivity contribution in [2.24, 2.45) is 5.73 Å². The zero-order valence-electron chi connectivity index (χ0n) is 14.2. The number of phenolic OH excluding ortho intramolecular Hbond substituents is 2. The van der Waals surface area contributed by atoms with Crippen molar-refractivity contribution in [1.82, 2.24) is 0 Å². The Bertz CT molecular complexity index is 600. The predicted octanol–water partition coefficient (Wildman–Crippen LogP) is -0.457. The van der Waals surface area contributed by atoms with Crippen molar-refractivity contribution in [2.45, 2.75) is 12.1 Å². The van der Waals surface area contributed by atoms with Crippen molar-refractivity contribution in [3.63, 3.8) is 0 Å². The highest BCUT2D eigenvalue weighted by molar-refractivity contribution is 5.74. The largest absolute Gasteiger partial charge is 0.504 e. The van der Waals surface area contributed by atoms with E-state index in [9.17, 15) is 4.79 Å². The highest BCUT2D eigenvalue weighted by Crippen LogP contribution is 2.28. The Morgan fingerprint density at radius 3 is 2.80 bits per heavy atom. The molecule has 0 spiro atoms. The molecule has 0 radical (unpaired) electrons. The summed E-state index contributed by atoms with van der Waals surface area (Å²) in [5, 5.41) is 21.0. The third-order valence-electron chi connectivity index (χ3n) is 1.54. The first kappa shape index (κ1) is 4.82. The summed E-state index contributed by atoms with van der Waals surface area (Å²) in [5.74, 6) is -3.30. The van der Waals surface area contributed by atoms with Crippen LogP contribution in [-0.2, 0) is 4.79 Å². The number of aliphatic hydroxyl groups is 1. The van der Waals surface area contributed by atoms with Crippen LogP contribution in [0.3, 0.4) is 0 Å². The maximum atomic E-state index is 11.0. The molecule has 0 heterocycles. The molecule has 6 heteroatoms. The van der Waals surface area contributed by atoms with Crippen LogP contribution in [0.5, 0.6) is 11.5 Å². The smallest absolute Gasteiger partial charge is 0.323 e. The van der Waals surface area contributed by atoms with Crippen molar-refractivity contribution in [1.29, 1.82) is 4.29 Å². The minimum Gasteiger partial charge on any atom is -0.504 e. The van der Waals surface area contributed by atoms with E-state index in [0.29, 0.717) is 0 Å². The van der Waals surface area contributed by atoms with Gasteiger partial charge in [-0.15, -0.1) is 0 Å². The average molecular weight is 220 g/mol. The van der Waals surface area contributed by atoms with Gasteiger partial charge in [-0.25, -0.2) is 0 Å². The van der Waals surface area contributed by atoms with Gasteiger partial charge in [0.05, 0.1) is 5.48 Å². The second-order valence-electron chi connectivity index (χ2n) is 2.59. The van der Waals surface area contributed by atoms with Gasteiger partial charge in [0.1, 0.15) is 12.1 Å². The van der Waals surface area contributed by atoms with Gasteiger partial charge < -0.3 is 26.2 Å². The van der Waals surface area contributed by atoms with E-state index < -0.39 is 53.3 Å².